The van der Waals surface area contributed by atoms with Crippen molar-refractivity contribution in [2.24, 2.45) is 0 Å². The number of amides is 1. The van der Waals surface area contributed by atoms with Crippen LogP contribution in [-0.2, 0) is 18.4 Å². The molecule has 3 unspecified atom stereocenters. The van der Waals surface area contributed by atoms with E-state index in [1.54, 1.807) is 6.08 Å². The van der Waals surface area contributed by atoms with Gasteiger partial charge in [0.1, 0.15) is 13.2 Å². The van der Waals surface area contributed by atoms with Gasteiger partial charge in [0.2, 0.25) is 5.91 Å². The minimum Gasteiger partial charge on any atom is -0.387 e. The van der Waals surface area contributed by atoms with Gasteiger partial charge in [0, 0.05) is 6.42 Å². The Balaban J connectivity index is 4.08. The number of phosphoric ester groups is 1. The number of unbranched alkanes of at least 4 members (excludes halogenated alkanes) is 34. The third-order valence-electron chi connectivity index (χ3n) is 13.5. The number of hydrogen-bond donors (Lipinski definition) is 3. The van der Waals surface area contributed by atoms with E-state index in [4.69, 9.17) is 9.05 Å². The van der Waals surface area contributed by atoms with Crippen molar-refractivity contribution in [1.29, 1.82) is 0 Å². The zero-order valence-electron chi connectivity index (χ0n) is 47.5. The molecule has 0 aliphatic heterocycles. The smallest absolute Gasteiger partial charge is 0.387 e. The van der Waals surface area contributed by atoms with Gasteiger partial charge in [-0.2, -0.15) is 0 Å². The van der Waals surface area contributed by atoms with Gasteiger partial charge in [-0.25, -0.2) is 4.57 Å². The van der Waals surface area contributed by atoms with Gasteiger partial charge in [0.15, 0.2) is 0 Å². The molecule has 0 bridgehead atoms. The predicted molar refractivity (Wildman–Crippen MR) is 309 cm³/mol. The van der Waals surface area contributed by atoms with E-state index in [9.17, 15) is 19.4 Å². The Bertz CT molecular complexity index is 1340. The molecule has 3 N–H and O–H groups in total. The fourth-order valence-corrected chi connectivity index (χ4v) is 9.45. The number of phosphoric acid groups is 1. The molecule has 0 aromatic heterocycles. The van der Waals surface area contributed by atoms with Crippen LogP contribution in [0.25, 0.3) is 0 Å². The van der Waals surface area contributed by atoms with E-state index in [0.717, 1.165) is 51.4 Å². The number of nitrogens with zero attached hydrogens (tertiary/aromatic N) is 1. The summed E-state index contributed by atoms with van der Waals surface area (Å²) in [6, 6.07) is -0.864. The van der Waals surface area contributed by atoms with Gasteiger partial charge in [-0.1, -0.05) is 261 Å². The third kappa shape index (κ3) is 55.8. The highest BCUT2D eigenvalue weighted by molar-refractivity contribution is 7.47. The van der Waals surface area contributed by atoms with Crippen molar-refractivity contribution in [3.63, 3.8) is 0 Å². The van der Waals surface area contributed by atoms with Crippen LogP contribution in [-0.4, -0.2) is 73.4 Å². The lowest BCUT2D eigenvalue weighted by Gasteiger charge is -2.25. The molecule has 0 fully saturated rings. The standard InChI is InChI=1S/C62H117N2O6P/c1-6-8-10-12-14-16-18-20-22-24-25-26-27-28-29-30-31-32-33-34-35-36-37-38-39-40-42-44-46-48-50-52-54-56-62(66)63-60(59-70-71(67,68)69-58-57-64(3,4)5)61(65)55-53-51-49-47-45-43-41-23-21-19-17-15-13-11-9-7-2/h18,20,24-25,27-28,45,47,53,55,60-61,65H,6-17,19,21-23,26,29-44,46,48-52,54,56-59H2,1-5H3,(H-,63,66,67,68)/p+1/b20-18-,25-24-,28-27-,47-45+,55-53+. The van der Waals surface area contributed by atoms with Crippen LogP contribution in [0.15, 0.2) is 60.8 Å². The highest BCUT2D eigenvalue weighted by Crippen LogP contribution is 2.43. The van der Waals surface area contributed by atoms with Crippen LogP contribution in [0.4, 0.5) is 0 Å². The Hall–Kier alpha value is -1.80. The fraction of sp³-hybridized carbons (Fsp3) is 0.823. The number of carbonyl (C=O) groups is 1. The number of likely N-dealkylation sites (N-methyl/N-ethyl adjacent to an activating group) is 1. The van der Waals surface area contributed by atoms with Crippen LogP contribution >= 0.6 is 7.82 Å². The Labute approximate surface area is 441 Å². The number of quaternary nitrogens is 1. The number of allylic oxidation sites excluding steroid dienone is 9. The molecule has 0 heterocycles. The van der Waals surface area contributed by atoms with Gasteiger partial charge in [-0.15, -0.1) is 0 Å². The van der Waals surface area contributed by atoms with Crippen molar-refractivity contribution in [3.8, 4) is 0 Å². The number of rotatable bonds is 55. The van der Waals surface area contributed by atoms with E-state index in [1.165, 1.54) is 205 Å². The van der Waals surface area contributed by atoms with E-state index in [2.05, 4.69) is 67.8 Å². The van der Waals surface area contributed by atoms with Crippen LogP contribution in [0, 0.1) is 0 Å². The van der Waals surface area contributed by atoms with Gasteiger partial charge in [-0.3, -0.25) is 13.8 Å². The minimum absolute atomic E-state index is 0.0558. The van der Waals surface area contributed by atoms with Gasteiger partial charge in [0.05, 0.1) is 39.9 Å². The Morgan fingerprint density at radius 2 is 0.817 bits per heavy atom. The van der Waals surface area contributed by atoms with E-state index in [0.29, 0.717) is 17.4 Å². The summed E-state index contributed by atoms with van der Waals surface area (Å²) in [6.07, 6.45) is 72.0. The van der Waals surface area contributed by atoms with Crippen LogP contribution in [0.5, 0.6) is 0 Å². The number of hydrogen-bond acceptors (Lipinski definition) is 5. The lowest BCUT2D eigenvalue weighted by molar-refractivity contribution is -0.870. The summed E-state index contributed by atoms with van der Waals surface area (Å²) >= 11 is 0. The zero-order chi connectivity index (χ0) is 52.0. The second-order valence-electron chi connectivity index (χ2n) is 21.7. The zero-order valence-corrected chi connectivity index (χ0v) is 48.4. The summed E-state index contributed by atoms with van der Waals surface area (Å²) in [5, 5.41) is 13.9. The van der Waals surface area contributed by atoms with E-state index >= 15 is 0 Å². The quantitative estimate of drug-likeness (QED) is 0.0243. The number of nitrogens with one attached hydrogen (secondary N) is 1. The van der Waals surface area contributed by atoms with Crippen molar-refractivity contribution in [1.82, 2.24) is 5.32 Å². The average molecular weight is 1020 g/mol. The first-order valence-electron chi connectivity index (χ1n) is 30.2. The molecule has 416 valence electrons. The normalized spacial score (nSPS) is 14.3. The molecule has 1 amide bonds. The Morgan fingerprint density at radius 1 is 0.479 bits per heavy atom. The monoisotopic (exact) mass is 1020 g/mol. The summed E-state index contributed by atoms with van der Waals surface area (Å²) in [7, 11) is 1.56. The third-order valence-corrected chi connectivity index (χ3v) is 14.4. The molecule has 9 heteroatoms. The fourth-order valence-electron chi connectivity index (χ4n) is 8.71. The average Bonchev–Trinajstić information content (AvgIpc) is 3.33. The summed E-state index contributed by atoms with van der Waals surface area (Å²) in [5.41, 5.74) is 0. The van der Waals surface area contributed by atoms with Gasteiger partial charge in [-0.05, 0) is 70.6 Å². The molecule has 0 aliphatic rings. The molecule has 8 nitrogen and oxygen atoms in total. The maximum absolute atomic E-state index is 13.0. The number of aliphatic hydroxyl groups is 1. The topological polar surface area (TPSA) is 105 Å². The summed E-state index contributed by atoms with van der Waals surface area (Å²) in [6.45, 7) is 4.80. The highest BCUT2D eigenvalue weighted by atomic mass is 31.2. The first-order valence-corrected chi connectivity index (χ1v) is 31.7. The maximum atomic E-state index is 13.0. The Kier molecular flexibility index (Phi) is 51.7. The molecule has 0 aromatic rings. The first-order chi connectivity index (χ1) is 34.5. The van der Waals surface area contributed by atoms with Gasteiger partial charge < -0.3 is 19.8 Å². The van der Waals surface area contributed by atoms with Crippen molar-refractivity contribution in [2.45, 2.75) is 289 Å². The molecule has 71 heavy (non-hydrogen) atoms. The first kappa shape index (κ1) is 69.2. The maximum Gasteiger partial charge on any atom is 0.472 e. The lowest BCUT2D eigenvalue weighted by atomic mass is 10.0. The van der Waals surface area contributed by atoms with Crippen LogP contribution in [0.2, 0.25) is 0 Å². The van der Waals surface area contributed by atoms with Gasteiger partial charge >= 0.3 is 7.82 Å². The van der Waals surface area contributed by atoms with E-state index in [-0.39, 0.29) is 19.1 Å². The second kappa shape index (κ2) is 53.0. The molecule has 0 saturated heterocycles. The molecule has 0 aromatic carbocycles. The van der Waals surface area contributed by atoms with Crippen molar-refractivity contribution >= 4 is 13.7 Å². The second-order valence-corrected chi connectivity index (χ2v) is 23.2. The molecular weight excluding hydrogens is 900 g/mol. The summed E-state index contributed by atoms with van der Waals surface area (Å²) in [4.78, 5) is 23.3. The molecule has 0 rings (SSSR count). The van der Waals surface area contributed by atoms with E-state index < -0.39 is 20.0 Å². The molecule has 0 aliphatic carbocycles. The molecular formula is C62H118N2O6P+. The van der Waals surface area contributed by atoms with Crippen molar-refractivity contribution < 1.29 is 32.9 Å². The largest absolute Gasteiger partial charge is 0.472 e. The molecule has 3 atom stereocenters. The van der Waals surface area contributed by atoms with Crippen LogP contribution in [0.3, 0.4) is 0 Å². The minimum atomic E-state index is -4.35. The van der Waals surface area contributed by atoms with Crippen molar-refractivity contribution in [2.75, 3.05) is 40.9 Å². The SMILES string of the molecule is CCCCCCC/C=C\C/C=C\C/C=C\CCCCCCCCCCCCCCCCCCCCC(=O)NC(COP(=O)(O)OCC[N+](C)(C)C)C(O)/C=C/CC/C=C/CCCCCCCCCCCC. The molecule has 0 radical (unpaired) electrons. The summed E-state index contributed by atoms with van der Waals surface area (Å²) in [5.74, 6) is -0.185. The Morgan fingerprint density at radius 3 is 1.23 bits per heavy atom. The highest BCUT2D eigenvalue weighted by Gasteiger charge is 2.27. The van der Waals surface area contributed by atoms with Crippen molar-refractivity contribution in [3.05, 3.63) is 60.8 Å². The summed E-state index contributed by atoms with van der Waals surface area (Å²) < 4.78 is 23.7. The number of aliphatic hydroxyl groups excluding tert-OH is 1. The van der Waals surface area contributed by atoms with Crippen LogP contribution in [0.1, 0.15) is 277 Å². The molecule has 0 saturated carbocycles. The van der Waals surface area contributed by atoms with Crippen LogP contribution < -0.4 is 5.32 Å². The predicted octanol–water partition coefficient (Wildman–Crippen LogP) is 18.5. The van der Waals surface area contributed by atoms with Gasteiger partial charge in [0.25, 0.3) is 0 Å². The molecule has 0 spiro atoms. The van der Waals surface area contributed by atoms with E-state index in [1.807, 2.05) is 27.2 Å². The number of carbonyl (C=O) groups excluding carboxylic acids is 1. The lowest BCUT2D eigenvalue weighted by Crippen LogP contribution is -2.45.